The third-order valence-electron chi connectivity index (χ3n) is 6.11. The van der Waals surface area contributed by atoms with E-state index < -0.39 is 0 Å². The summed E-state index contributed by atoms with van der Waals surface area (Å²) in [5.74, 6) is 1.89. The van der Waals surface area contributed by atoms with Crippen molar-refractivity contribution in [3.8, 4) is 5.75 Å². The zero-order valence-electron chi connectivity index (χ0n) is 18.1. The molecule has 2 aliphatic rings. The Labute approximate surface area is 192 Å². The van der Waals surface area contributed by atoms with Crippen LogP contribution in [0.2, 0.25) is 0 Å². The molecule has 0 radical (unpaired) electrons. The fraction of sp³-hybridized carbons (Fsp3) is 0.591. The zero-order chi connectivity index (χ0) is 20.0. The number of guanidine groups is 1. The Kier molecular flexibility index (Phi) is 9.23. The van der Waals surface area contributed by atoms with E-state index in [4.69, 9.17) is 9.47 Å². The number of nitrogens with zero attached hydrogens (tertiary/aromatic N) is 3. The number of hydrogen-bond donors (Lipinski definition) is 1. The molecule has 1 saturated heterocycles. The molecular formula is C22H35IN4O2. The summed E-state index contributed by atoms with van der Waals surface area (Å²) < 4.78 is 10.9. The van der Waals surface area contributed by atoms with Crippen molar-refractivity contribution in [1.29, 1.82) is 0 Å². The van der Waals surface area contributed by atoms with Gasteiger partial charge in [0.2, 0.25) is 0 Å². The fourth-order valence-corrected chi connectivity index (χ4v) is 4.06. The van der Waals surface area contributed by atoms with E-state index in [2.05, 4.69) is 58.5 Å². The minimum absolute atomic E-state index is 0. The number of aliphatic imine (C=N–C) groups is 1. The molecule has 0 saturated carbocycles. The molecule has 0 spiro atoms. The molecule has 1 aromatic rings. The molecule has 0 bridgehead atoms. The SMILES string of the molecule is CN=C(NCC1(N(C)C)CCOCC1)N1CC=C(c2cccc(OC)c2)CC1.I. The molecule has 162 valence electrons. The van der Waals surface area contributed by atoms with Crippen LogP contribution in [0.3, 0.4) is 0 Å². The van der Waals surface area contributed by atoms with Crippen LogP contribution < -0.4 is 10.1 Å². The molecule has 0 amide bonds. The first kappa shape index (κ1) is 24.0. The molecule has 0 aromatic heterocycles. The summed E-state index contributed by atoms with van der Waals surface area (Å²) in [5, 5.41) is 3.63. The lowest BCUT2D eigenvalue weighted by molar-refractivity contribution is -0.00523. The van der Waals surface area contributed by atoms with Crippen LogP contribution in [0.15, 0.2) is 35.3 Å². The Morgan fingerprint density at radius 1 is 1.31 bits per heavy atom. The van der Waals surface area contributed by atoms with Gasteiger partial charge in [-0.3, -0.25) is 4.99 Å². The molecule has 6 nitrogen and oxygen atoms in total. The molecule has 29 heavy (non-hydrogen) atoms. The van der Waals surface area contributed by atoms with Gasteiger partial charge in [0.15, 0.2) is 5.96 Å². The average molecular weight is 514 g/mol. The van der Waals surface area contributed by atoms with E-state index >= 15 is 0 Å². The number of likely N-dealkylation sites (N-methyl/N-ethyl adjacent to an activating group) is 1. The van der Waals surface area contributed by atoms with Crippen LogP contribution in [0.4, 0.5) is 0 Å². The molecule has 1 N–H and O–H groups in total. The number of benzene rings is 1. The van der Waals surface area contributed by atoms with Crippen molar-refractivity contribution < 1.29 is 9.47 Å². The van der Waals surface area contributed by atoms with Gasteiger partial charge in [-0.1, -0.05) is 18.2 Å². The predicted molar refractivity (Wildman–Crippen MR) is 130 cm³/mol. The van der Waals surface area contributed by atoms with E-state index in [1.807, 2.05) is 13.1 Å². The van der Waals surface area contributed by atoms with Crippen molar-refractivity contribution in [1.82, 2.24) is 15.1 Å². The van der Waals surface area contributed by atoms with Gasteiger partial charge < -0.3 is 24.6 Å². The van der Waals surface area contributed by atoms with Gasteiger partial charge in [0, 0.05) is 45.4 Å². The second kappa shape index (κ2) is 11.2. The highest BCUT2D eigenvalue weighted by Crippen LogP contribution is 2.27. The molecule has 0 atom stereocenters. The van der Waals surface area contributed by atoms with Gasteiger partial charge in [-0.25, -0.2) is 0 Å². The second-order valence-electron chi connectivity index (χ2n) is 7.79. The smallest absolute Gasteiger partial charge is 0.194 e. The molecule has 2 heterocycles. The molecular weight excluding hydrogens is 479 g/mol. The van der Waals surface area contributed by atoms with E-state index in [0.29, 0.717) is 0 Å². The minimum atomic E-state index is 0. The Hall–Kier alpha value is -1.32. The summed E-state index contributed by atoms with van der Waals surface area (Å²) in [6, 6.07) is 8.31. The van der Waals surface area contributed by atoms with Crippen LogP contribution in [0, 0.1) is 0 Å². The third kappa shape index (κ3) is 5.86. The van der Waals surface area contributed by atoms with Crippen LogP contribution >= 0.6 is 24.0 Å². The summed E-state index contributed by atoms with van der Waals surface area (Å²) in [5.41, 5.74) is 2.75. The Bertz CT molecular complexity index is 715. The van der Waals surface area contributed by atoms with E-state index in [1.54, 1.807) is 7.11 Å². The van der Waals surface area contributed by atoms with E-state index in [-0.39, 0.29) is 29.5 Å². The lowest BCUT2D eigenvalue weighted by Gasteiger charge is -2.43. The standard InChI is InChI=1S/C22H34N4O2.HI/c1-23-21(24-17-22(25(2)3)10-14-28-15-11-22)26-12-8-18(9-13-26)19-6-5-7-20(16-19)27-4;/h5-8,16H,9-15,17H2,1-4H3,(H,23,24);1H. The number of halogens is 1. The van der Waals surface area contributed by atoms with E-state index in [0.717, 1.165) is 63.8 Å². The van der Waals surface area contributed by atoms with Crippen LogP contribution in [-0.4, -0.2) is 82.4 Å². The lowest BCUT2D eigenvalue weighted by atomic mass is 9.88. The highest BCUT2D eigenvalue weighted by atomic mass is 127. The van der Waals surface area contributed by atoms with Gasteiger partial charge >= 0.3 is 0 Å². The van der Waals surface area contributed by atoms with Crippen LogP contribution in [-0.2, 0) is 4.74 Å². The molecule has 1 aromatic carbocycles. The van der Waals surface area contributed by atoms with Crippen molar-refractivity contribution in [3.63, 3.8) is 0 Å². The quantitative estimate of drug-likeness (QED) is 0.372. The third-order valence-corrected chi connectivity index (χ3v) is 6.11. The van der Waals surface area contributed by atoms with Crippen LogP contribution in [0.1, 0.15) is 24.8 Å². The van der Waals surface area contributed by atoms with Gasteiger partial charge in [0.25, 0.3) is 0 Å². The van der Waals surface area contributed by atoms with Crippen molar-refractivity contribution >= 4 is 35.5 Å². The topological polar surface area (TPSA) is 49.3 Å². The fourth-order valence-electron chi connectivity index (χ4n) is 4.06. The molecule has 0 unspecified atom stereocenters. The number of rotatable bonds is 5. The monoisotopic (exact) mass is 514 g/mol. The first-order valence-electron chi connectivity index (χ1n) is 10.1. The maximum atomic E-state index is 5.58. The number of nitrogens with one attached hydrogen (secondary N) is 1. The predicted octanol–water partition coefficient (Wildman–Crippen LogP) is 3.09. The van der Waals surface area contributed by atoms with Gasteiger partial charge in [0.05, 0.1) is 7.11 Å². The Balaban J connectivity index is 0.00000300. The summed E-state index contributed by atoms with van der Waals surface area (Å²) in [4.78, 5) is 9.21. The van der Waals surface area contributed by atoms with Crippen molar-refractivity contribution in [2.45, 2.75) is 24.8 Å². The lowest BCUT2D eigenvalue weighted by Crippen LogP contribution is -2.57. The molecule has 1 fully saturated rings. The summed E-state index contributed by atoms with van der Waals surface area (Å²) in [6.45, 7) is 4.37. The second-order valence-corrected chi connectivity index (χ2v) is 7.79. The van der Waals surface area contributed by atoms with E-state index in [1.165, 1.54) is 11.1 Å². The number of ether oxygens (including phenoxy) is 2. The highest BCUT2D eigenvalue weighted by molar-refractivity contribution is 14.0. The van der Waals surface area contributed by atoms with Crippen molar-refractivity contribution in [2.75, 3.05) is 61.1 Å². The van der Waals surface area contributed by atoms with Crippen molar-refractivity contribution in [3.05, 3.63) is 35.9 Å². The summed E-state index contributed by atoms with van der Waals surface area (Å²) in [7, 11) is 7.92. The van der Waals surface area contributed by atoms with Crippen LogP contribution in [0.5, 0.6) is 5.75 Å². The summed E-state index contributed by atoms with van der Waals surface area (Å²) in [6.07, 6.45) is 5.40. The first-order chi connectivity index (χ1) is 13.6. The average Bonchev–Trinajstić information content (AvgIpc) is 2.75. The zero-order valence-corrected chi connectivity index (χ0v) is 20.4. The van der Waals surface area contributed by atoms with Crippen molar-refractivity contribution in [2.24, 2.45) is 4.99 Å². The Morgan fingerprint density at radius 2 is 2.07 bits per heavy atom. The van der Waals surface area contributed by atoms with Gasteiger partial charge in [-0.05, 0) is 56.6 Å². The molecule has 7 heteroatoms. The Morgan fingerprint density at radius 3 is 2.66 bits per heavy atom. The molecule has 0 aliphatic carbocycles. The largest absolute Gasteiger partial charge is 0.497 e. The van der Waals surface area contributed by atoms with E-state index in [9.17, 15) is 0 Å². The maximum absolute atomic E-state index is 5.58. The highest BCUT2D eigenvalue weighted by Gasteiger charge is 2.35. The molecule has 3 rings (SSSR count). The number of hydrogen-bond acceptors (Lipinski definition) is 4. The maximum Gasteiger partial charge on any atom is 0.194 e. The normalized spacial score (nSPS) is 19.4. The van der Waals surface area contributed by atoms with Gasteiger partial charge in [-0.2, -0.15) is 0 Å². The number of methoxy groups -OCH3 is 1. The molecule has 2 aliphatic heterocycles. The van der Waals surface area contributed by atoms with Crippen LogP contribution in [0.25, 0.3) is 5.57 Å². The van der Waals surface area contributed by atoms with Gasteiger partial charge in [-0.15, -0.1) is 24.0 Å². The first-order valence-corrected chi connectivity index (χ1v) is 10.1. The minimum Gasteiger partial charge on any atom is -0.497 e. The van der Waals surface area contributed by atoms with Gasteiger partial charge in [0.1, 0.15) is 5.75 Å². The summed E-state index contributed by atoms with van der Waals surface area (Å²) >= 11 is 0.